The van der Waals surface area contributed by atoms with Gasteiger partial charge in [-0.05, 0) is 48.6 Å². The number of hydrogen-bond acceptors (Lipinski definition) is 5. The van der Waals surface area contributed by atoms with E-state index < -0.39 is 28.3 Å². The van der Waals surface area contributed by atoms with Crippen LogP contribution in [0.5, 0.6) is 0 Å². The van der Waals surface area contributed by atoms with E-state index in [1.54, 1.807) is 12.1 Å². The number of sulfonamides is 1. The SMILES string of the molecule is Cc1nc2ccc(S(=O)(=O)N(CC(C)C)C[C@@H](O)[C@H](Cc3ccccc3)NC(=O)O)cc2n1Cc1ccccc1. The van der Waals surface area contributed by atoms with E-state index in [4.69, 9.17) is 0 Å². The molecule has 10 heteroatoms. The van der Waals surface area contributed by atoms with Crippen LogP contribution in [-0.4, -0.2) is 63.8 Å². The molecule has 1 aromatic heterocycles. The fourth-order valence-corrected chi connectivity index (χ4v) is 6.46. The van der Waals surface area contributed by atoms with Crippen LogP contribution in [0.15, 0.2) is 83.8 Å². The highest BCUT2D eigenvalue weighted by atomic mass is 32.2. The number of aliphatic hydroxyl groups excluding tert-OH is 1. The average molecular weight is 565 g/mol. The summed E-state index contributed by atoms with van der Waals surface area (Å²) in [5, 5.41) is 22.9. The van der Waals surface area contributed by atoms with Crippen molar-refractivity contribution in [1.82, 2.24) is 19.2 Å². The molecule has 3 N–H and O–H groups in total. The fraction of sp³-hybridized carbons (Fsp3) is 0.333. The predicted octanol–water partition coefficient (Wildman–Crippen LogP) is 4.28. The number of imidazole rings is 1. The summed E-state index contributed by atoms with van der Waals surface area (Å²) in [5.74, 6) is 0.739. The highest BCUT2D eigenvalue weighted by molar-refractivity contribution is 7.89. The number of aliphatic hydroxyl groups is 1. The van der Waals surface area contributed by atoms with Gasteiger partial charge in [0.2, 0.25) is 10.0 Å². The van der Waals surface area contributed by atoms with Gasteiger partial charge in [-0.2, -0.15) is 4.31 Å². The Morgan fingerprint density at radius 2 is 1.60 bits per heavy atom. The quantitative estimate of drug-likeness (QED) is 0.236. The molecular weight excluding hydrogens is 528 g/mol. The van der Waals surface area contributed by atoms with E-state index in [0.29, 0.717) is 17.6 Å². The van der Waals surface area contributed by atoms with E-state index in [0.717, 1.165) is 17.0 Å². The molecule has 9 nitrogen and oxygen atoms in total. The maximum Gasteiger partial charge on any atom is 0.404 e. The number of nitrogens with one attached hydrogen (secondary N) is 1. The van der Waals surface area contributed by atoms with Crippen LogP contribution >= 0.6 is 0 Å². The van der Waals surface area contributed by atoms with Crippen molar-refractivity contribution >= 4 is 27.1 Å². The second kappa shape index (κ2) is 12.6. The second-order valence-electron chi connectivity index (χ2n) is 10.4. The lowest BCUT2D eigenvalue weighted by atomic mass is 10.0. The molecule has 4 rings (SSSR count). The number of amides is 1. The summed E-state index contributed by atoms with van der Waals surface area (Å²) in [7, 11) is -4.04. The Morgan fingerprint density at radius 1 is 0.975 bits per heavy atom. The number of hydrogen-bond donors (Lipinski definition) is 3. The van der Waals surface area contributed by atoms with Crippen LogP contribution in [-0.2, 0) is 23.0 Å². The lowest BCUT2D eigenvalue weighted by Gasteiger charge is -2.30. The average Bonchev–Trinajstić information content (AvgIpc) is 3.22. The molecule has 4 aromatic rings. The number of aromatic nitrogens is 2. The van der Waals surface area contributed by atoms with Crippen LogP contribution in [0.25, 0.3) is 11.0 Å². The van der Waals surface area contributed by atoms with E-state index in [1.807, 2.05) is 86.0 Å². The molecule has 2 atom stereocenters. The number of rotatable bonds is 12. The topological polar surface area (TPSA) is 125 Å². The zero-order valence-corrected chi connectivity index (χ0v) is 23.8. The van der Waals surface area contributed by atoms with Crippen molar-refractivity contribution in [3.05, 3.63) is 95.8 Å². The number of aryl methyl sites for hydroxylation is 1. The molecule has 212 valence electrons. The molecule has 0 radical (unpaired) electrons. The van der Waals surface area contributed by atoms with Crippen molar-refractivity contribution in [3.63, 3.8) is 0 Å². The van der Waals surface area contributed by atoms with Crippen LogP contribution < -0.4 is 5.32 Å². The molecule has 0 saturated heterocycles. The highest BCUT2D eigenvalue weighted by Crippen LogP contribution is 2.25. The first kappa shape index (κ1) is 29.3. The molecule has 0 bridgehead atoms. The summed E-state index contributed by atoms with van der Waals surface area (Å²) < 4.78 is 31.2. The Bertz CT molecular complexity index is 1540. The van der Waals surface area contributed by atoms with Gasteiger partial charge in [-0.3, -0.25) is 0 Å². The summed E-state index contributed by atoms with van der Waals surface area (Å²) >= 11 is 0. The Morgan fingerprint density at radius 3 is 2.20 bits per heavy atom. The Balaban J connectivity index is 1.65. The van der Waals surface area contributed by atoms with Gasteiger partial charge in [0.1, 0.15) is 5.82 Å². The zero-order chi connectivity index (χ0) is 28.9. The van der Waals surface area contributed by atoms with Gasteiger partial charge >= 0.3 is 6.09 Å². The molecule has 0 fully saturated rings. The summed E-state index contributed by atoms with van der Waals surface area (Å²) in [4.78, 5) is 16.2. The van der Waals surface area contributed by atoms with Crippen molar-refractivity contribution in [1.29, 1.82) is 0 Å². The van der Waals surface area contributed by atoms with Crippen LogP contribution in [0.1, 0.15) is 30.8 Å². The molecule has 40 heavy (non-hydrogen) atoms. The standard InChI is InChI=1S/C30H36N4O5S/c1-21(2)18-33(20-29(35)27(32-30(36)37)16-23-10-6-4-7-11-23)40(38,39)25-14-15-26-28(17-25)34(22(3)31-26)19-24-12-8-5-9-13-24/h4-15,17,21,27,29,32,35H,16,18-20H2,1-3H3,(H,36,37)/t27-,29+/m0/s1. The maximum atomic E-state index is 14.0. The minimum absolute atomic E-state index is 0.0310. The molecule has 0 spiro atoms. The maximum absolute atomic E-state index is 14.0. The zero-order valence-electron chi connectivity index (χ0n) is 22.9. The predicted molar refractivity (Wildman–Crippen MR) is 155 cm³/mol. The van der Waals surface area contributed by atoms with Crippen LogP contribution in [0.2, 0.25) is 0 Å². The van der Waals surface area contributed by atoms with Crippen molar-refractivity contribution in [2.24, 2.45) is 5.92 Å². The molecule has 0 aliphatic carbocycles. The summed E-state index contributed by atoms with van der Waals surface area (Å²) in [6.07, 6.45) is -2.35. The Hall–Kier alpha value is -3.73. The molecule has 0 aliphatic heterocycles. The number of carbonyl (C=O) groups is 1. The lowest BCUT2D eigenvalue weighted by Crippen LogP contribution is -2.50. The number of nitrogens with zero attached hydrogens (tertiary/aromatic N) is 3. The molecule has 1 amide bonds. The Labute approximate surface area is 235 Å². The van der Waals surface area contributed by atoms with Crippen LogP contribution in [0.4, 0.5) is 4.79 Å². The van der Waals surface area contributed by atoms with Gasteiger partial charge in [0.05, 0.1) is 28.1 Å². The van der Waals surface area contributed by atoms with Crippen LogP contribution in [0.3, 0.4) is 0 Å². The largest absolute Gasteiger partial charge is 0.465 e. The van der Waals surface area contributed by atoms with Gasteiger partial charge < -0.3 is 20.1 Å². The van der Waals surface area contributed by atoms with Crippen LogP contribution in [0, 0.1) is 12.8 Å². The van der Waals surface area contributed by atoms with Crippen molar-refractivity contribution < 1.29 is 23.4 Å². The summed E-state index contributed by atoms with van der Waals surface area (Å²) in [6.45, 7) is 6.12. The first-order valence-corrected chi connectivity index (χ1v) is 14.7. The highest BCUT2D eigenvalue weighted by Gasteiger charge is 2.31. The second-order valence-corrected chi connectivity index (χ2v) is 12.3. The van der Waals surface area contributed by atoms with Gasteiger partial charge in [0, 0.05) is 19.6 Å². The van der Waals surface area contributed by atoms with E-state index >= 15 is 0 Å². The minimum Gasteiger partial charge on any atom is -0.465 e. The van der Waals surface area contributed by atoms with Gasteiger partial charge in [0.15, 0.2) is 0 Å². The fourth-order valence-electron chi connectivity index (χ4n) is 4.82. The van der Waals surface area contributed by atoms with Crippen molar-refractivity contribution in [2.45, 2.75) is 50.8 Å². The summed E-state index contributed by atoms with van der Waals surface area (Å²) in [5.41, 5.74) is 3.28. The molecule has 0 aliphatic rings. The monoisotopic (exact) mass is 564 g/mol. The van der Waals surface area contributed by atoms with Gasteiger partial charge in [-0.25, -0.2) is 18.2 Å². The van der Waals surface area contributed by atoms with E-state index in [-0.39, 0.29) is 30.3 Å². The first-order valence-electron chi connectivity index (χ1n) is 13.3. The molecule has 3 aromatic carbocycles. The first-order chi connectivity index (χ1) is 19.0. The minimum atomic E-state index is -4.04. The molecular formula is C30H36N4O5S. The summed E-state index contributed by atoms with van der Waals surface area (Å²) in [6, 6.07) is 23.0. The van der Waals surface area contributed by atoms with Crippen molar-refractivity contribution in [3.8, 4) is 0 Å². The molecule has 0 unspecified atom stereocenters. The van der Waals surface area contributed by atoms with E-state index in [9.17, 15) is 23.4 Å². The third-order valence-electron chi connectivity index (χ3n) is 6.76. The van der Waals surface area contributed by atoms with Gasteiger partial charge in [-0.1, -0.05) is 74.5 Å². The normalized spacial score (nSPS) is 13.6. The smallest absolute Gasteiger partial charge is 0.404 e. The molecule has 1 heterocycles. The third-order valence-corrected chi connectivity index (χ3v) is 8.59. The Kier molecular flexibility index (Phi) is 9.24. The van der Waals surface area contributed by atoms with Gasteiger partial charge in [0.25, 0.3) is 0 Å². The van der Waals surface area contributed by atoms with E-state index in [1.165, 1.54) is 10.4 Å². The van der Waals surface area contributed by atoms with E-state index in [2.05, 4.69) is 10.3 Å². The number of fused-ring (bicyclic) bond motifs is 1. The lowest BCUT2D eigenvalue weighted by molar-refractivity contribution is 0.0980. The molecule has 0 saturated carbocycles. The van der Waals surface area contributed by atoms with Gasteiger partial charge in [-0.15, -0.1) is 0 Å². The van der Waals surface area contributed by atoms with Crippen molar-refractivity contribution in [2.75, 3.05) is 13.1 Å². The number of benzene rings is 3. The number of carboxylic acid groups (broad SMARTS) is 1. The third kappa shape index (κ3) is 7.07.